The second kappa shape index (κ2) is 11.8. The van der Waals surface area contributed by atoms with Gasteiger partial charge in [0.1, 0.15) is 11.4 Å². The maximum absolute atomic E-state index is 13.5. The number of rotatable bonds is 8. The van der Waals surface area contributed by atoms with Crippen molar-refractivity contribution in [2.24, 2.45) is 10.8 Å². The predicted octanol–water partition coefficient (Wildman–Crippen LogP) is 3.47. The Morgan fingerprint density at radius 1 is 0.977 bits per heavy atom. The number of benzene rings is 1. The summed E-state index contributed by atoms with van der Waals surface area (Å²) in [6.45, 7) is 9.77. The third-order valence-corrected chi connectivity index (χ3v) is 10.7. The highest BCUT2D eigenvalue weighted by Gasteiger charge is 2.46. The second-order valence-corrected chi connectivity index (χ2v) is 14.9. The molecule has 2 amide bonds. The molecular weight excluding hydrogens is 568 g/mol. The normalized spacial score (nSPS) is 23.1. The number of aromatic nitrogens is 1. The van der Waals surface area contributed by atoms with Crippen LogP contribution in [0.2, 0.25) is 0 Å². The van der Waals surface area contributed by atoms with Crippen molar-refractivity contribution in [3.63, 3.8) is 0 Å². The van der Waals surface area contributed by atoms with E-state index in [9.17, 15) is 27.9 Å². The van der Waals surface area contributed by atoms with Crippen LogP contribution in [0.3, 0.4) is 0 Å². The van der Waals surface area contributed by atoms with Crippen molar-refractivity contribution in [3.05, 3.63) is 76.6 Å². The molecule has 2 aromatic rings. The summed E-state index contributed by atoms with van der Waals surface area (Å²) in [5.41, 5.74) is 3.81. The summed E-state index contributed by atoms with van der Waals surface area (Å²) in [5.74, 6) is -1.02. The van der Waals surface area contributed by atoms with Gasteiger partial charge in [0.25, 0.3) is 11.8 Å². The molecule has 3 aliphatic rings. The lowest BCUT2D eigenvalue weighted by Crippen LogP contribution is -2.48. The molecule has 11 heteroatoms. The molecule has 1 atom stereocenters. The molecule has 1 aromatic heterocycles. The van der Waals surface area contributed by atoms with Crippen LogP contribution in [0.4, 0.5) is 0 Å². The van der Waals surface area contributed by atoms with Gasteiger partial charge < -0.3 is 25.2 Å². The van der Waals surface area contributed by atoms with Gasteiger partial charge in [0.15, 0.2) is 9.84 Å². The lowest BCUT2D eigenvalue weighted by Gasteiger charge is -2.50. The quantitative estimate of drug-likeness (QED) is 0.308. The molecule has 3 heterocycles. The van der Waals surface area contributed by atoms with Gasteiger partial charge in [0.2, 0.25) is 0 Å². The zero-order valence-corrected chi connectivity index (χ0v) is 25.8. The highest BCUT2D eigenvalue weighted by atomic mass is 32.2. The van der Waals surface area contributed by atoms with Crippen molar-refractivity contribution in [1.82, 2.24) is 20.1 Å². The van der Waals surface area contributed by atoms with E-state index in [1.165, 1.54) is 5.57 Å². The Labute approximate surface area is 252 Å². The number of sulfone groups is 1. The maximum Gasteiger partial charge on any atom is 0.335 e. The molecule has 0 radical (unpaired) electrons. The molecule has 5 rings (SSSR count). The highest BCUT2D eigenvalue weighted by molar-refractivity contribution is 7.91. The Balaban J connectivity index is 1.18. The summed E-state index contributed by atoms with van der Waals surface area (Å²) < 4.78 is 23.2. The van der Waals surface area contributed by atoms with E-state index < -0.39 is 15.8 Å². The fraction of sp³-hybridized carbons (Fsp3) is 0.469. The van der Waals surface area contributed by atoms with Gasteiger partial charge in [0.05, 0.1) is 17.1 Å². The number of amides is 2. The molecule has 0 spiro atoms. The molecule has 230 valence electrons. The monoisotopic (exact) mass is 608 g/mol. The standard InChI is InChI=1S/C32H40N4O6S/c1-31(2)24(22-5-7-23(8-6-22)30(39)40)11-13-32(3)21-36(16-12-27(31)32)29(38)26-10-9-25(34-26)28(37)33-14-4-15-35-17-19-43(41,42)20-18-35/h5-12,34H,4,13-21H2,1-3H3,(H,33,37)(H,39,40)/t32-/m1/s1. The summed E-state index contributed by atoms with van der Waals surface area (Å²) in [4.78, 5) is 44.4. The number of carboxylic acid groups (broad SMARTS) is 1. The van der Waals surface area contributed by atoms with Crippen LogP contribution in [-0.4, -0.2) is 96.9 Å². The minimum atomic E-state index is -2.91. The van der Waals surface area contributed by atoms with E-state index in [1.54, 1.807) is 24.3 Å². The number of H-pyrrole nitrogens is 1. The molecule has 0 unspecified atom stereocenters. The number of allylic oxidation sites excluding steroid dienone is 2. The highest BCUT2D eigenvalue weighted by Crippen LogP contribution is 2.55. The van der Waals surface area contributed by atoms with E-state index >= 15 is 0 Å². The summed E-state index contributed by atoms with van der Waals surface area (Å²) in [7, 11) is -2.91. The largest absolute Gasteiger partial charge is 0.478 e. The molecule has 10 nitrogen and oxygen atoms in total. The van der Waals surface area contributed by atoms with Gasteiger partial charge in [-0.25, -0.2) is 13.2 Å². The van der Waals surface area contributed by atoms with Gasteiger partial charge in [-0.1, -0.05) is 50.6 Å². The Kier molecular flexibility index (Phi) is 8.41. The summed E-state index contributed by atoms with van der Waals surface area (Å²) >= 11 is 0. The van der Waals surface area contributed by atoms with Crippen LogP contribution < -0.4 is 5.32 Å². The van der Waals surface area contributed by atoms with Gasteiger partial charge in [-0.15, -0.1) is 0 Å². The van der Waals surface area contributed by atoms with E-state index in [-0.39, 0.29) is 39.7 Å². The molecule has 1 fully saturated rings. The fourth-order valence-electron chi connectivity index (χ4n) is 6.75. The van der Waals surface area contributed by atoms with E-state index in [0.717, 1.165) is 24.1 Å². The minimum absolute atomic E-state index is 0.160. The summed E-state index contributed by atoms with van der Waals surface area (Å²) in [5, 5.41) is 12.1. The van der Waals surface area contributed by atoms with Crippen LogP contribution in [0, 0.1) is 10.8 Å². The number of fused-ring (bicyclic) bond motifs is 1. The fourth-order valence-corrected chi connectivity index (χ4v) is 8.03. The molecule has 0 saturated carbocycles. The maximum atomic E-state index is 13.5. The zero-order chi connectivity index (χ0) is 31.0. The Morgan fingerprint density at radius 3 is 2.33 bits per heavy atom. The number of nitrogens with zero attached hydrogens (tertiary/aromatic N) is 2. The predicted molar refractivity (Wildman–Crippen MR) is 165 cm³/mol. The Morgan fingerprint density at radius 2 is 1.65 bits per heavy atom. The first-order valence-corrected chi connectivity index (χ1v) is 16.6. The topological polar surface area (TPSA) is 140 Å². The Bertz CT molecular complexity index is 1570. The summed E-state index contributed by atoms with van der Waals surface area (Å²) in [6.07, 6.45) is 5.81. The molecule has 0 bridgehead atoms. The number of aromatic amines is 1. The number of carbonyl (C=O) groups excluding carboxylic acids is 2. The first-order valence-electron chi connectivity index (χ1n) is 14.7. The number of carbonyl (C=O) groups is 3. The lowest BCUT2D eigenvalue weighted by molar-refractivity contribution is 0.0674. The number of aromatic carboxylic acids is 1. The number of hydrogen-bond donors (Lipinski definition) is 3. The second-order valence-electron chi connectivity index (χ2n) is 12.6. The molecule has 3 N–H and O–H groups in total. The molecular formula is C32H40N4O6S. The van der Waals surface area contributed by atoms with E-state index in [4.69, 9.17) is 0 Å². The Hall–Kier alpha value is -3.70. The van der Waals surface area contributed by atoms with Crippen LogP contribution in [0.25, 0.3) is 5.57 Å². The first-order chi connectivity index (χ1) is 20.3. The van der Waals surface area contributed by atoms with Crippen molar-refractivity contribution in [2.45, 2.75) is 33.6 Å². The van der Waals surface area contributed by atoms with E-state index in [0.29, 0.717) is 50.5 Å². The molecule has 1 aliphatic carbocycles. The molecule has 2 aliphatic heterocycles. The number of carboxylic acids is 1. The smallest absolute Gasteiger partial charge is 0.335 e. The minimum Gasteiger partial charge on any atom is -0.478 e. The van der Waals surface area contributed by atoms with Crippen molar-refractivity contribution in [1.29, 1.82) is 0 Å². The van der Waals surface area contributed by atoms with Crippen LogP contribution in [-0.2, 0) is 9.84 Å². The molecule has 1 aromatic carbocycles. The molecule has 43 heavy (non-hydrogen) atoms. The van der Waals surface area contributed by atoms with Gasteiger partial charge in [0, 0.05) is 43.6 Å². The van der Waals surface area contributed by atoms with E-state index in [2.05, 4.69) is 48.1 Å². The SMILES string of the molecule is CC1(C)C(c2ccc(C(=O)O)cc2)=CC[C@]2(C)CN(C(=O)c3ccc(C(=O)NCCCN4CCS(=O)(=O)CC4)[nH]3)CC=C12. The van der Waals surface area contributed by atoms with Gasteiger partial charge in [-0.3, -0.25) is 9.59 Å². The summed E-state index contributed by atoms with van der Waals surface area (Å²) in [6, 6.07) is 10.3. The zero-order valence-electron chi connectivity index (χ0n) is 25.0. The van der Waals surface area contributed by atoms with Gasteiger partial charge >= 0.3 is 5.97 Å². The third-order valence-electron chi connectivity index (χ3n) is 9.07. The van der Waals surface area contributed by atoms with Crippen LogP contribution in [0.15, 0.2) is 54.1 Å². The molecule has 1 saturated heterocycles. The third kappa shape index (κ3) is 6.47. The van der Waals surface area contributed by atoms with Crippen LogP contribution >= 0.6 is 0 Å². The lowest BCUT2D eigenvalue weighted by atomic mass is 9.58. The van der Waals surface area contributed by atoms with Crippen molar-refractivity contribution in [2.75, 3.05) is 50.8 Å². The number of hydrogen-bond acceptors (Lipinski definition) is 6. The first kappa shape index (κ1) is 30.7. The van der Waals surface area contributed by atoms with E-state index in [1.807, 2.05) is 17.0 Å². The van der Waals surface area contributed by atoms with Crippen LogP contribution in [0.5, 0.6) is 0 Å². The van der Waals surface area contributed by atoms with Crippen molar-refractivity contribution in [3.8, 4) is 0 Å². The van der Waals surface area contributed by atoms with Crippen molar-refractivity contribution >= 4 is 33.2 Å². The average Bonchev–Trinajstić information content (AvgIpc) is 3.46. The van der Waals surface area contributed by atoms with Crippen molar-refractivity contribution < 1.29 is 27.9 Å². The average molecular weight is 609 g/mol. The number of nitrogens with one attached hydrogen (secondary N) is 2. The van der Waals surface area contributed by atoms with Gasteiger partial charge in [-0.05, 0) is 54.8 Å². The van der Waals surface area contributed by atoms with Crippen LogP contribution in [0.1, 0.15) is 70.5 Å². The van der Waals surface area contributed by atoms with Gasteiger partial charge in [-0.2, -0.15) is 0 Å².